The number of hydrogen-bond acceptors (Lipinski definition) is 4. The fourth-order valence-corrected chi connectivity index (χ4v) is 3.27. The van der Waals surface area contributed by atoms with E-state index in [1.54, 1.807) is 47.5 Å². The fraction of sp³-hybridized carbons (Fsp3) is 0.200. The van der Waals surface area contributed by atoms with Gasteiger partial charge in [0.05, 0.1) is 17.9 Å². The second-order valence-corrected chi connectivity index (χ2v) is 6.53. The first-order valence-corrected chi connectivity index (χ1v) is 8.15. The third kappa shape index (κ3) is 4.61. The standard InChI is InChI=1S/C15H15NO3S2/c1-16(9-13-3-2-8-20-13)14(17)10-21-12-6-4-11(5-7-12)15(18)19/h2-8H,9-10H2,1H3,(H,18,19). The summed E-state index contributed by atoms with van der Waals surface area (Å²) in [7, 11) is 1.79. The van der Waals surface area contributed by atoms with Gasteiger partial charge in [0.15, 0.2) is 0 Å². The van der Waals surface area contributed by atoms with Crippen LogP contribution in [-0.2, 0) is 11.3 Å². The van der Waals surface area contributed by atoms with Crippen LogP contribution in [0.1, 0.15) is 15.2 Å². The number of amides is 1. The molecule has 0 saturated heterocycles. The number of thiophene rings is 1. The van der Waals surface area contributed by atoms with Crippen molar-refractivity contribution >= 4 is 35.0 Å². The largest absolute Gasteiger partial charge is 0.478 e. The van der Waals surface area contributed by atoms with Gasteiger partial charge in [0.2, 0.25) is 5.91 Å². The van der Waals surface area contributed by atoms with E-state index >= 15 is 0 Å². The van der Waals surface area contributed by atoms with Gasteiger partial charge in [0.1, 0.15) is 0 Å². The second kappa shape index (κ2) is 7.28. The molecular weight excluding hydrogens is 306 g/mol. The summed E-state index contributed by atoms with van der Waals surface area (Å²) in [6.07, 6.45) is 0. The molecule has 21 heavy (non-hydrogen) atoms. The van der Waals surface area contributed by atoms with Crippen LogP contribution in [0.5, 0.6) is 0 Å². The molecule has 2 rings (SSSR count). The van der Waals surface area contributed by atoms with Gasteiger partial charge in [-0.15, -0.1) is 23.1 Å². The number of benzene rings is 1. The van der Waals surface area contributed by atoms with Crippen LogP contribution in [-0.4, -0.2) is 34.7 Å². The van der Waals surface area contributed by atoms with Crippen molar-refractivity contribution in [3.05, 3.63) is 52.2 Å². The normalized spacial score (nSPS) is 10.3. The van der Waals surface area contributed by atoms with Crippen LogP contribution in [0.25, 0.3) is 0 Å². The minimum atomic E-state index is -0.946. The number of thioether (sulfide) groups is 1. The van der Waals surface area contributed by atoms with Crippen LogP contribution in [0.3, 0.4) is 0 Å². The molecule has 0 bridgehead atoms. The molecule has 0 aliphatic heterocycles. The molecule has 1 N–H and O–H groups in total. The molecule has 1 aromatic heterocycles. The van der Waals surface area contributed by atoms with E-state index in [0.29, 0.717) is 12.3 Å². The van der Waals surface area contributed by atoms with Crippen molar-refractivity contribution in [2.75, 3.05) is 12.8 Å². The van der Waals surface area contributed by atoms with Crippen molar-refractivity contribution in [2.45, 2.75) is 11.4 Å². The van der Waals surface area contributed by atoms with Crippen LogP contribution in [0.2, 0.25) is 0 Å². The lowest BCUT2D eigenvalue weighted by molar-refractivity contribution is -0.127. The maximum atomic E-state index is 12.0. The van der Waals surface area contributed by atoms with E-state index in [1.807, 2.05) is 17.5 Å². The minimum absolute atomic E-state index is 0.0516. The average molecular weight is 321 g/mol. The van der Waals surface area contributed by atoms with Crippen molar-refractivity contribution in [1.29, 1.82) is 0 Å². The molecule has 0 atom stereocenters. The monoisotopic (exact) mass is 321 g/mol. The summed E-state index contributed by atoms with van der Waals surface area (Å²) in [5.41, 5.74) is 0.250. The Morgan fingerprint density at radius 3 is 2.52 bits per heavy atom. The van der Waals surface area contributed by atoms with Gasteiger partial charge in [-0.05, 0) is 35.7 Å². The maximum Gasteiger partial charge on any atom is 0.335 e. The number of carboxylic acids is 1. The fourth-order valence-electron chi connectivity index (χ4n) is 1.67. The van der Waals surface area contributed by atoms with Crippen LogP contribution in [0, 0.1) is 0 Å². The van der Waals surface area contributed by atoms with Crippen LogP contribution >= 0.6 is 23.1 Å². The van der Waals surface area contributed by atoms with Crippen LogP contribution in [0.4, 0.5) is 0 Å². The topological polar surface area (TPSA) is 57.6 Å². The Morgan fingerprint density at radius 2 is 1.95 bits per heavy atom. The molecule has 2 aromatic rings. The smallest absolute Gasteiger partial charge is 0.335 e. The molecule has 0 aliphatic carbocycles. The first kappa shape index (κ1) is 15.6. The van der Waals surface area contributed by atoms with E-state index in [4.69, 9.17) is 5.11 Å². The predicted molar refractivity (Wildman–Crippen MR) is 84.9 cm³/mol. The van der Waals surface area contributed by atoms with Crippen molar-refractivity contribution in [2.24, 2.45) is 0 Å². The van der Waals surface area contributed by atoms with E-state index in [1.165, 1.54) is 11.8 Å². The van der Waals surface area contributed by atoms with Gasteiger partial charge in [-0.1, -0.05) is 6.07 Å². The van der Waals surface area contributed by atoms with Crippen molar-refractivity contribution in [3.63, 3.8) is 0 Å². The van der Waals surface area contributed by atoms with Gasteiger partial charge in [-0.2, -0.15) is 0 Å². The number of aromatic carboxylic acids is 1. The summed E-state index contributed by atoms with van der Waals surface area (Å²) in [4.78, 5) is 26.5. The Balaban J connectivity index is 1.84. The Labute approximate surface area is 131 Å². The van der Waals surface area contributed by atoms with Crippen molar-refractivity contribution in [1.82, 2.24) is 4.90 Å². The molecule has 4 nitrogen and oxygen atoms in total. The number of carboxylic acid groups (broad SMARTS) is 1. The summed E-state index contributed by atoms with van der Waals surface area (Å²) >= 11 is 3.04. The van der Waals surface area contributed by atoms with Crippen LogP contribution in [0.15, 0.2) is 46.7 Å². The zero-order valence-electron chi connectivity index (χ0n) is 11.5. The molecule has 0 unspecified atom stereocenters. The Morgan fingerprint density at radius 1 is 1.24 bits per heavy atom. The van der Waals surface area contributed by atoms with Crippen LogP contribution < -0.4 is 0 Å². The highest BCUT2D eigenvalue weighted by Crippen LogP contribution is 2.19. The van der Waals surface area contributed by atoms with Crippen molar-refractivity contribution in [3.8, 4) is 0 Å². The first-order chi connectivity index (χ1) is 10.1. The van der Waals surface area contributed by atoms with E-state index in [9.17, 15) is 9.59 Å². The highest BCUT2D eigenvalue weighted by molar-refractivity contribution is 8.00. The van der Waals surface area contributed by atoms with Gasteiger partial charge in [-0.25, -0.2) is 4.79 Å². The Hall–Kier alpha value is -1.79. The summed E-state index contributed by atoms with van der Waals surface area (Å²) in [6, 6.07) is 10.5. The lowest BCUT2D eigenvalue weighted by Crippen LogP contribution is -2.27. The molecule has 1 heterocycles. The second-order valence-electron chi connectivity index (χ2n) is 4.45. The van der Waals surface area contributed by atoms with Gasteiger partial charge in [0, 0.05) is 16.8 Å². The zero-order valence-corrected chi connectivity index (χ0v) is 13.1. The molecule has 110 valence electrons. The number of carbonyl (C=O) groups is 2. The summed E-state index contributed by atoms with van der Waals surface area (Å²) in [5, 5.41) is 10.8. The number of carbonyl (C=O) groups excluding carboxylic acids is 1. The molecule has 0 saturated carbocycles. The van der Waals surface area contributed by atoms with E-state index < -0.39 is 5.97 Å². The minimum Gasteiger partial charge on any atom is -0.478 e. The molecule has 6 heteroatoms. The molecule has 0 fully saturated rings. The Kier molecular flexibility index (Phi) is 5.41. The quantitative estimate of drug-likeness (QED) is 0.830. The van der Waals surface area contributed by atoms with Gasteiger partial charge >= 0.3 is 5.97 Å². The number of nitrogens with zero attached hydrogens (tertiary/aromatic N) is 1. The maximum absolute atomic E-state index is 12.0. The summed E-state index contributed by atoms with van der Waals surface area (Å²) in [5.74, 6) is -0.553. The third-order valence-electron chi connectivity index (χ3n) is 2.86. The predicted octanol–water partition coefficient (Wildman–Crippen LogP) is 3.20. The van der Waals surface area contributed by atoms with Gasteiger partial charge in [0.25, 0.3) is 0 Å². The van der Waals surface area contributed by atoms with Gasteiger partial charge in [-0.3, -0.25) is 4.79 Å². The molecule has 0 aliphatic rings. The first-order valence-electron chi connectivity index (χ1n) is 6.29. The lowest BCUT2D eigenvalue weighted by atomic mass is 10.2. The van der Waals surface area contributed by atoms with Gasteiger partial charge < -0.3 is 10.0 Å². The third-order valence-corrected chi connectivity index (χ3v) is 4.72. The van der Waals surface area contributed by atoms with E-state index in [2.05, 4.69) is 0 Å². The highest BCUT2D eigenvalue weighted by atomic mass is 32.2. The molecule has 1 amide bonds. The summed E-state index contributed by atoms with van der Waals surface area (Å²) in [6.45, 7) is 0.620. The van der Waals surface area contributed by atoms with E-state index in [0.717, 1.165) is 9.77 Å². The SMILES string of the molecule is CN(Cc1cccs1)C(=O)CSc1ccc(C(=O)O)cc1. The molecule has 1 aromatic carbocycles. The summed E-state index contributed by atoms with van der Waals surface area (Å²) < 4.78 is 0. The Bertz CT molecular complexity index is 608. The van der Waals surface area contributed by atoms with E-state index in [-0.39, 0.29) is 11.5 Å². The van der Waals surface area contributed by atoms with Crippen molar-refractivity contribution < 1.29 is 14.7 Å². The number of hydrogen-bond donors (Lipinski definition) is 1. The highest BCUT2D eigenvalue weighted by Gasteiger charge is 2.10. The molecule has 0 spiro atoms. The lowest BCUT2D eigenvalue weighted by Gasteiger charge is -2.15. The molecule has 0 radical (unpaired) electrons. The zero-order chi connectivity index (χ0) is 15.2. The molecular formula is C15H15NO3S2. The average Bonchev–Trinajstić information content (AvgIpc) is 2.98. The number of rotatable bonds is 6.